The van der Waals surface area contributed by atoms with Gasteiger partial charge in [-0.25, -0.2) is 0 Å². The summed E-state index contributed by atoms with van der Waals surface area (Å²) in [6, 6.07) is 38.6. The second-order valence-corrected chi connectivity index (χ2v) is 23.3. The third kappa shape index (κ3) is 6.00. The Balaban J connectivity index is 0.000000194. The Morgan fingerprint density at radius 2 is 1.45 bits per heavy atom. The van der Waals surface area contributed by atoms with Gasteiger partial charge in [0.15, 0.2) is 0 Å². The molecule has 0 bridgehead atoms. The van der Waals surface area contributed by atoms with Crippen LogP contribution in [0.3, 0.4) is 0 Å². The van der Waals surface area contributed by atoms with E-state index in [-0.39, 0.29) is 20.1 Å². The zero-order valence-corrected chi connectivity index (χ0v) is 32.3. The van der Waals surface area contributed by atoms with Crippen LogP contribution < -0.4 is 15.6 Å². The molecule has 3 nitrogen and oxygen atoms in total. The predicted molar refractivity (Wildman–Crippen MR) is 199 cm³/mol. The molecule has 0 saturated heterocycles. The summed E-state index contributed by atoms with van der Waals surface area (Å²) in [4.78, 5) is 9.18. The van der Waals surface area contributed by atoms with Gasteiger partial charge in [-0.15, -0.1) is 54.1 Å². The summed E-state index contributed by atoms with van der Waals surface area (Å²) >= 11 is 0. The van der Waals surface area contributed by atoms with Gasteiger partial charge in [0.25, 0.3) is 0 Å². The topological polar surface area (TPSA) is 38.9 Å². The van der Waals surface area contributed by atoms with E-state index in [4.69, 9.17) is 4.42 Å². The second-order valence-electron chi connectivity index (χ2n) is 13.9. The minimum Gasteiger partial charge on any atom is -0.501 e. The minimum absolute atomic E-state index is 0. The number of furan rings is 1. The summed E-state index contributed by atoms with van der Waals surface area (Å²) < 4.78 is 6.48. The van der Waals surface area contributed by atoms with Gasteiger partial charge in [-0.1, -0.05) is 91.7 Å². The molecule has 6 heteroatoms. The molecular formula is C41H38IrN2OSi2-2. The molecule has 1 aliphatic heterocycles. The Morgan fingerprint density at radius 3 is 2.15 bits per heavy atom. The number of aromatic nitrogens is 2. The Kier molecular flexibility index (Phi) is 8.83. The molecule has 237 valence electrons. The van der Waals surface area contributed by atoms with Crippen LogP contribution in [0.15, 0.2) is 108 Å². The van der Waals surface area contributed by atoms with Gasteiger partial charge in [-0.3, -0.25) is 0 Å². The first-order valence-electron chi connectivity index (χ1n) is 15.9. The molecule has 3 aromatic heterocycles. The van der Waals surface area contributed by atoms with Crippen molar-refractivity contribution < 1.29 is 24.5 Å². The van der Waals surface area contributed by atoms with Crippen LogP contribution in [0.1, 0.15) is 11.1 Å². The summed E-state index contributed by atoms with van der Waals surface area (Å²) in [5.41, 5.74) is 10.9. The normalized spacial score (nSPS) is 13.0. The van der Waals surface area contributed by atoms with Crippen LogP contribution >= 0.6 is 0 Å². The number of fused-ring (bicyclic) bond motifs is 6. The molecule has 1 aliphatic rings. The summed E-state index contributed by atoms with van der Waals surface area (Å²) in [5.74, 6) is 0. The molecule has 0 aliphatic carbocycles. The number of pyridine rings is 2. The van der Waals surface area contributed by atoms with Gasteiger partial charge in [0.05, 0.1) is 13.7 Å². The second kappa shape index (κ2) is 12.6. The third-order valence-corrected chi connectivity index (χ3v) is 14.9. The van der Waals surface area contributed by atoms with Gasteiger partial charge >= 0.3 is 0 Å². The van der Waals surface area contributed by atoms with Crippen molar-refractivity contribution in [1.29, 1.82) is 0 Å². The van der Waals surface area contributed by atoms with Gasteiger partial charge in [0.1, 0.15) is 13.7 Å². The van der Waals surface area contributed by atoms with E-state index < -0.39 is 16.1 Å². The molecule has 0 amide bonds. The number of hydrogen-bond donors (Lipinski definition) is 0. The Hall–Kier alpha value is -3.94. The van der Waals surface area contributed by atoms with Gasteiger partial charge in [-0.2, -0.15) is 0 Å². The molecule has 0 saturated carbocycles. The maximum Gasteiger partial charge on any atom is 0.120 e. The van der Waals surface area contributed by atoms with Crippen LogP contribution in [0.5, 0.6) is 0 Å². The van der Waals surface area contributed by atoms with Crippen molar-refractivity contribution in [3.63, 3.8) is 0 Å². The maximum atomic E-state index is 6.48. The predicted octanol–water partition coefficient (Wildman–Crippen LogP) is 8.96. The van der Waals surface area contributed by atoms with Crippen LogP contribution in [-0.4, -0.2) is 26.1 Å². The Morgan fingerprint density at radius 1 is 0.681 bits per heavy atom. The van der Waals surface area contributed by atoms with Crippen molar-refractivity contribution in [2.24, 2.45) is 0 Å². The number of aryl methyl sites for hydroxylation is 2. The fourth-order valence-corrected chi connectivity index (χ4v) is 10.5. The number of benzene rings is 4. The molecule has 0 fully saturated rings. The molecule has 1 radical (unpaired) electrons. The maximum absolute atomic E-state index is 6.48. The van der Waals surface area contributed by atoms with E-state index in [1.54, 1.807) is 0 Å². The smallest absolute Gasteiger partial charge is 0.120 e. The molecule has 8 rings (SSSR count). The third-order valence-electron chi connectivity index (χ3n) is 9.38. The molecular weight excluding hydrogens is 785 g/mol. The minimum atomic E-state index is -1.72. The van der Waals surface area contributed by atoms with Crippen LogP contribution in [-0.2, 0) is 20.1 Å². The average molecular weight is 823 g/mol. The van der Waals surface area contributed by atoms with E-state index in [9.17, 15) is 0 Å². The molecule has 4 heterocycles. The molecule has 7 aromatic rings. The monoisotopic (exact) mass is 823 g/mol. The Labute approximate surface area is 293 Å². The zero-order valence-electron chi connectivity index (χ0n) is 28.0. The van der Waals surface area contributed by atoms with E-state index in [1.165, 1.54) is 43.2 Å². The van der Waals surface area contributed by atoms with Crippen molar-refractivity contribution in [2.75, 3.05) is 0 Å². The first kappa shape index (κ1) is 33.0. The van der Waals surface area contributed by atoms with Crippen molar-refractivity contribution in [2.45, 2.75) is 46.6 Å². The van der Waals surface area contributed by atoms with Gasteiger partial charge < -0.3 is 14.4 Å². The fourth-order valence-electron chi connectivity index (χ4n) is 6.44. The molecule has 0 unspecified atom stereocenters. The largest absolute Gasteiger partial charge is 0.501 e. The molecule has 47 heavy (non-hydrogen) atoms. The summed E-state index contributed by atoms with van der Waals surface area (Å²) in [7, 11) is -2.95. The van der Waals surface area contributed by atoms with Crippen LogP contribution in [0, 0.1) is 26.0 Å². The van der Waals surface area contributed by atoms with E-state index in [0.717, 1.165) is 39.1 Å². The first-order valence-corrected chi connectivity index (χ1v) is 22.4. The number of nitrogens with zero attached hydrogens (tertiary/aromatic N) is 2. The van der Waals surface area contributed by atoms with Crippen LogP contribution in [0.2, 0.25) is 32.7 Å². The van der Waals surface area contributed by atoms with Crippen LogP contribution in [0.25, 0.3) is 55.6 Å². The molecule has 0 N–H and O–H groups in total. The number of rotatable bonds is 3. The summed E-state index contributed by atoms with van der Waals surface area (Å²) in [6.07, 6.45) is 3.95. The van der Waals surface area contributed by atoms with Crippen molar-refractivity contribution >= 4 is 53.6 Å². The fraction of sp³-hybridized carbons (Fsp3) is 0.171. The van der Waals surface area contributed by atoms with E-state index in [2.05, 4.69) is 129 Å². The van der Waals surface area contributed by atoms with Crippen molar-refractivity contribution in [1.82, 2.24) is 9.97 Å². The van der Waals surface area contributed by atoms with E-state index >= 15 is 0 Å². The van der Waals surface area contributed by atoms with Gasteiger partial charge in [-0.05, 0) is 69.6 Å². The quantitative estimate of drug-likeness (QED) is 0.132. The number of hydrogen-bond acceptors (Lipinski definition) is 3. The first-order chi connectivity index (χ1) is 22.0. The van der Waals surface area contributed by atoms with Crippen molar-refractivity contribution in [3.8, 4) is 33.6 Å². The van der Waals surface area contributed by atoms with E-state index in [0.29, 0.717) is 0 Å². The summed E-state index contributed by atoms with van der Waals surface area (Å²) in [5, 5.41) is 6.68. The molecule has 0 atom stereocenters. The zero-order chi connectivity index (χ0) is 32.2. The SMILES string of the molecule is C[Si](C)(C)c1ccc(-c2[c-]cccc2)nc1.Cc1cnc(-c2[c-]ccc3c2oc2cc4c(cc23)-c2ccccc2[Si]4(C)C)cc1C.[Ir]. The van der Waals surface area contributed by atoms with Crippen LogP contribution in [0.4, 0.5) is 0 Å². The van der Waals surface area contributed by atoms with Crippen molar-refractivity contribution in [3.05, 3.63) is 127 Å². The Bertz CT molecular complexity index is 2230. The average Bonchev–Trinajstić information content (AvgIpc) is 3.53. The summed E-state index contributed by atoms with van der Waals surface area (Å²) in [6.45, 7) is 16.1. The van der Waals surface area contributed by atoms with Gasteiger partial charge in [0, 0.05) is 37.9 Å². The van der Waals surface area contributed by atoms with E-state index in [1.807, 2.05) is 42.7 Å². The molecule has 0 spiro atoms. The standard InChI is InChI=1S/C27H22NOSi.C14H16NSi.Ir/c1-16-12-23(28-15-17(16)2)20-10-7-9-19-21-13-22-18-8-5-6-11-25(18)30(3,4)26(22)14-24(21)29-27(19)20;1-16(2,3)13-9-10-14(15-11-13)12-7-5-4-6-8-12;/h5-9,11-15H,1-4H3;4-7,9-11H,1-3H3;/q2*-1;. The van der Waals surface area contributed by atoms with Gasteiger partial charge in [0.2, 0.25) is 0 Å². The molecule has 4 aromatic carbocycles.